The highest BCUT2D eigenvalue weighted by Gasteiger charge is 2.17. The van der Waals surface area contributed by atoms with E-state index in [9.17, 15) is 8.42 Å². The number of rotatable bonds is 6. The first-order valence-corrected chi connectivity index (χ1v) is 7.92. The number of hydrogen-bond donors (Lipinski definition) is 1. The molecule has 0 atom stereocenters. The van der Waals surface area contributed by atoms with E-state index in [4.69, 9.17) is 16.9 Å². The molecule has 0 fully saturated rings. The summed E-state index contributed by atoms with van der Waals surface area (Å²) in [5, 5.41) is 8.77. The Hall–Kier alpha value is -1.09. The zero-order valence-electron chi connectivity index (χ0n) is 11.0. The minimum absolute atomic E-state index is 0.0118. The second-order valence-electron chi connectivity index (χ2n) is 4.69. The molecule has 0 radical (unpaired) electrons. The summed E-state index contributed by atoms with van der Waals surface area (Å²) in [6.45, 7) is 4.56. The van der Waals surface area contributed by atoms with Crippen LogP contribution in [0.5, 0.6) is 0 Å². The zero-order valence-corrected chi connectivity index (χ0v) is 12.6. The molecule has 0 saturated heterocycles. The minimum atomic E-state index is -3.61. The van der Waals surface area contributed by atoms with Gasteiger partial charge >= 0.3 is 0 Å². The Balaban J connectivity index is 2.75. The van der Waals surface area contributed by atoms with E-state index in [1.54, 1.807) is 0 Å². The predicted octanol–water partition coefficient (Wildman–Crippen LogP) is 2.93. The van der Waals surface area contributed by atoms with Crippen molar-refractivity contribution in [2.45, 2.75) is 31.6 Å². The third-order valence-corrected chi connectivity index (χ3v) is 4.54. The van der Waals surface area contributed by atoms with Gasteiger partial charge < -0.3 is 0 Å². The van der Waals surface area contributed by atoms with Crippen LogP contribution in [-0.4, -0.2) is 15.0 Å². The van der Waals surface area contributed by atoms with Gasteiger partial charge in [0.2, 0.25) is 10.0 Å². The van der Waals surface area contributed by atoms with Gasteiger partial charge in [0.1, 0.15) is 4.90 Å². The normalized spacial score (nSPS) is 11.5. The zero-order chi connectivity index (χ0) is 14.5. The van der Waals surface area contributed by atoms with Crippen molar-refractivity contribution < 1.29 is 8.42 Å². The standard InChI is InChI=1S/C13H17ClN2O2S/c1-10(2)4-3-7-16-19(17,18)13-6-5-11(9-15)8-12(13)14/h5-6,8,10,16H,3-4,7H2,1-2H3. The molecule has 4 nitrogen and oxygen atoms in total. The highest BCUT2D eigenvalue weighted by Crippen LogP contribution is 2.22. The van der Waals surface area contributed by atoms with Crippen LogP contribution < -0.4 is 4.72 Å². The number of nitrogens with zero attached hydrogens (tertiary/aromatic N) is 1. The van der Waals surface area contributed by atoms with E-state index in [2.05, 4.69) is 18.6 Å². The van der Waals surface area contributed by atoms with E-state index in [0.29, 0.717) is 18.0 Å². The summed E-state index contributed by atoms with van der Waals surface area (Å²) in [4.78, 5) is 0.0118. The molecule has 0 saturated carbocycles. The van der Waals surface area contributed by atoms with E-state index >= 15 is 0 Å². The molecule has 0 aliphatic carbocycles. The van der Waals surface area contributed by atoms with Crippen molar-refractivity contribution in [1.29, 1.82) is 5.26 Å². The maximum Gasteiger partial charge on any atom is 0.242 e. The maximum absolute atomic E-state index is 12.0. The minimum Gasteiger partial charge on any atom is -0.211 e. The van der Waals surface area contributed by atoms with E-state index < -0.39 is 10.0 Å². The van der Waals surface area contributed by atoms with Gasteiger partial charge in [0.25, 0.3) is 0 Å². The molecule has 0 spiro atoms. The number of hydrogen-bond acceptors (Lipinski definition) is 3. The quantitative estimate of drug-likeness (QED) is 0.821. The van der Waals surface area contributed by atoms with Crippen LogP contribution in [0.1, 0.15) is 32.3 Å². The summed E-state index contributed by atoms with van der Waals surface area (Å²) in [7, 11) is -3.61. The lowest BCUT2D eigenvalue weighted by molar-refractivity contribution is 0.540. The number of nitrogens with one attached hydrogen (secondary N) is 1. The summed E-state index contributed by atoms with van der Waals surface area (Å²) in [6.07, 6.45) is 1.74. The Labute approximate surface area is 119 Å². The molecular weight excluding hydrogens is 284 g/mol. The van der Waals surface area contributed by atoms with Crippen LogP contribution >= 0.6 is 11.6 Å². The van der Waals surface area contributed by atoms with Gasteiger partial charge in [0.15, 0.2) is 0 Å². The second-order valence-corrected chi connectivity index (χ2v) is 6.83. The van der Waals surface area contributed by atoms with Crippen molar-refractivity contribution in [3.63, 3.8) is 0 Å². The molecule has 1 N–H and O–H groups in total. The van der Waals surface area contributed by atoms with Crippen LogP contribution in [0.15, 0.2) is 23.1 Å². The Bertz CT molecular complexity index is 577. The lowest BCUT2D eigenvalue weighted by Crippen LogP contribution is -2.25. The summed E-state index contributed by atoms with van der Waals surface area (Å²) in [5.74, 6) is 0.544. The van der Waals surface area contributed by atoms with Crippen molar-refractivity contribution in [1.82, 2.24) is 4.72 Å². The molecule has 1 aromatic rings. The molecule has 6 heteroatoms. The summed E-state index contributed by atoms with van der Waals surface area (Å²) < 4.78 is 26.6. The van der Waals surface area contributed by atoms with E-state index in [1.807, 2.05) is 6.07 Å². The monoisotopic (exact) mass is 300 g/mol. The van der Waals surface area contributed by atoms with Crippen LogP contribution in [0.4, 0.5) is 0 Å². The molecule has 0 unspecified atom stereocenters. The lowest BCUT2D eigenvalue weighted by Gasteiger charge is -2.09. The second kappa shape index (κ2) is 6.90. The Morgan fingerprint density at radius 2 is 2.11 bits per heavy atom. The van der Waals surface area contributed by atoms with Gasteiger partial charge in [-0.2, -0.15) is 5.26 Å². The summed E-state index contributed by atoms with van der Waals surface area (Å²) in [6, 6.07) is 6.05. The van der Waals surface area contributed by atoms with Gasteiger partial charge in [-0.05, 0) is 37.0 Å². The third-order valence-electron chi connectivity index (χ3n) is 2.60. The fourth-order valence-corrected chi connectivity index (χ4v) is 3.20. The van der Waals surface area contributed by atoms with Gasteiger partial charge in [-0.1, -0.05) is 25.4 Å². The molecule has 0 aliphatic heterocycles. The molecule has 0 bridgehead atoms. The fourth-order valence-electron chi connectivity index (χ4n) is 1.58. The lowest BCUT2D eigenvalue weighted by atomic mass is 10.1. The first-order valence-electron chi connectivity index (χ1n) is 6.06. The van der Waals surface area contributed by atoms with Gasteiger partial charge in [0, 0.05) is 6.54 Å². The molecule has 0 heterocycles. The van der Waals surface area contributed by atoms with Crippen LogP contribution in [0.3, 0.4) is 0 Å². The van der Waals surface area contributed by atoms with Crippen molar-refractivity contribution in [2.75, 3.05) is 6.54 Å². The highest BCUT2D eigenvalue weighted by molar-refractivity contribution is 7.89. The molecule has 0 aromatic heterocycles. The van der Waals surface area contributed by atoms with Crippen LogP contribution in [-0.2, 0) is 10.0 Å². The van der Waals surface area contributed by atoms with E-state index in [0.717, 1.165) is 12.8 Å². The first kappa shape index (κ1) is 16.0. The van der Waals surface area contributed by atoms with Crippen LogP contribution in [0.25, 0.3) is 0 Å². The molecule has 0 amide bonds. The first-order chi connectivity index (χ1) is 8.86. The summed E-state index contributed by atoms with van der Waals surface area (Å²) in [5.41, 5.74) is 0.337. The number of halogens is 1. The van der Waals surface area contributed by atoms with Crippen molar-refractivity contribution in [3.8, 4) is 6.07 Å². The average molecular weight is 301 g/mol. The van der Waals surface area contributed by atoms with Gasteiger partial charge in [-0.25, -0.2) is 13.1 Å². The molecule has 104 valence electrons. The SMILES string of the molecule is CC(C)CCCNS(=O)(=O)c1ccc(C#N)cc1Cl. The van der Waals surface area contributed by atoms with Gasteiger partial charge in [-0.15, -0.1) is 0 Å². The molecule has 19 heavy (non-hydrogen) atoms. The average Bonchev–Trinajstić information content (AvgIpc) is 2.34. The molecule has 0 aliphatic rings. The van der Waals surface area contributed by atoms with E-state index in [1.165, 1.54) is 18.2 Å². The Morgan fingerprint density at radius 1 is 1.42 bits per heavy atom. The number of nitriles is 1. The Morgan fingerprint density at radius 3 is 2.63 bits per heavy atom. The molecule has 1 rings (SSSR count). The van der Waals surface area contributed by atoms with Gasteiger partial charge in [-0.3, -0.25) is 0 Å². The van der Waals surface area contributed by atoms with E-state index in [-0.39, 0.29) is 9.92 Å². The fraction of sp³-hybridized carbons (Fsp3) is 0.462. The number of benzene rings is 1. The van der Waals surface area contributed by atoms with Crippen LogP contribution in [0.2, 0.25) is 5.02 Å². The van der Waals surface area contributed by atoms with Gasteiger partial charge in [0.05, 0.1) is 16.7 Å². The summed E-state index contributed by atoms with van der Waals surface area (Å²) >= 11 is 5.89. The van der Waals surface area contributed by atoms with Crippen LogP contribution in [0, 0.1) is 17.2 Å². The molecule has 1 aromatic carbocycles. The number of sulfonamides is 1. The Kier molecular flexibility index (Phi) is 5.80. The largest absolute Gasteiger partial charge is 0.242 e. The third kappa shape index (κ3) is 4.83. The predicted molar refractivity (Wildman–Crippen MR) is 75.4 cm³/mol. The smallest absolute Gasteiger partial charge is 0.211 e. The maximum atomic E-state index is 12.0. The highest BCUT2D eigenvalue weighted by atomic mass is 35.5. The van der Waals surface area contributed by atoms with Crippen molar-refractivity contribution >= 4 is 21.6 Å². The topological polar surface area (TPSA) is 70.0 Å². The molecular formula is C13H17ClN2O2S. The van der Waals surface area contributed by atoms with Crippen molar-refractivity contribution in [2.24, 2.45) is 5.92 Å². The van der Waals surface area contributed by atoms with Crippen molar-refractivity contribution in [3.05, 3.63) is 28.8 Å².